The molecular weight excluding hydrogens is 274 g/mol. The van der Waals surface area contributed by atoms with Crippen molar-refractivity contribution in [1.29, 1.82) is 0 Å². The summed E-state index contributed by atoms with van der Waals surface area (Å²) < 4.78 is 5.27. The molecule has 0 N–H and O–H groups in total. The van der Waals surface area contributed by atoms with Gasteiger partial charge in [0.05, 0.1) is 18.5 Å². The number of ether oxygens (including phenoxy) is 1. The molecule has 1 aromatic heterocycles. The van der Waals surface area contributed by atoms with Crippen molar-refractivity contribution >= 4 is 5.78 Å². The second-order valence-electron chi connectivity index (χ2n) is 5.97. The fourth-order valence-electron chi connectivity index (χ4n) is 3.22. The van der Waals surface area contributed by atoms with Crippen molar-refractivity contribution in [2.75, 3.05) is 7.11 Å². The van der Waals surface area contributed by atoms with Crippen molar-refractivity contribution < 1.29 is 9.53 Å². The van der Waals surface area contributed by atoms with E-state index in [2.05, 4.69) is 13.8 Å². The third-order valence-electron chi connectivity index (χ3n) is 4.52. The first-order chi connectivity index (χ1) is 10.6. The molecule has 0 bridgehead atoms. The van der Waals surface area contributed by atoms with E-state index in [1.54, 1.807) is 7.11 Å². The molecule has 0 fully saturated rings. The lowest BCUT2D eigenvalue weighted by Crippen LogP contribution is -2.25. The number of benzene rings is 1. The Balaban J connectivity index is 2.04. The van der Waals surface area contributed by atoms with E-state index in [9.17, 15) is 4.79 Å². The Morgan fingerprint density at radius 3 is 2.82 bits per heavy atom. The monoisotopic (exact) mass is 295 g/mol. The van der Waals surface area contributed by atoms with Gasteiger partial charge in [0.1, 0.15) is 5.75 Å². The lowest BCUT2D eigenvalue weighted by Gasteiger charge is -2.27. The van der Waals surface area contributed by atoms with Gasteiger partial charge in [0, 0.05) is 17.0 Å². The summed E-state index contributed by atoms with van der Waals surface area (Å²) in [5.74, 6) is 1.53. The highest BCUT2D eigenvalue weighted by Gasteiger charge is 2.31. The van der Waals surface area contributed by atoms with Crippen molar-refractivity contribution in [2.24, 2.45) is 5.92 Å². The molecule has 0 saturated carbocycles. The number of ketones is 1. The average Bonchev–Trinajstić information content (AvgIpc) is 2.57. The number of rotatable bonds is 3. The summed E-state index contributed by atoms with van der Waals surface area (Å²) in [6.07, 6.45) is 1.80. The maximum Gasteiger partial charge on any atom is 0.167 e. The predicted octanol–water partition coefficient (Wildman–Crippen LogP) is 4.47. The van der Waals surface area contributed by atoms with Gasteiger partial charge in [0.2, 0.25) is 0 Å². The number of Topliss-reactive ketones (excluding diaryl/α,β-unsaturated/α-hetero) is 1. The minimum Gasteiger partial charge on any atom is -0.497 e. The van der Waals surface area contributed by atoms with Gasteiger partial charge in [0.15, 0.2) is 5.78 Å². The number of carbonyl (C=O) groups excluding carboxylic acids is 1. The first-order valence-electron chi connectivity index (χ1n) is 7.83. The van der Waals surface area contributed by atoms with E-state index < -0.39 is 0 Å². The van der Waals surface area contributed by atoms with Crippen LogP contribution in [0.3, 0.4) is 0 Å². The Bertz CT molecular complexity index is 708. The maximum absolute atomic E-state index is 12.5. The van der Waals surface area contributed by atoms with E-state index >= 15 is 0 Å². The van der Waals surface area contributed by atoms with E-state index in [0.717, 1.165) is 41.1 Å². The van der Waals surface area contributed by atoms with Crippen LogP contribution in [0.15, 0.2) is 36.4 Å². The van der Waals surface area contributed by atoms with Crippen LogP contribution in [0.1, 0.15) is 48.7 Å². The van der Waals surface area contributed by atoms with Gasteiger partial charge < -0.3 is 4.74 Å². The normalized spacial score (nSPS) is 20.6. The quantitative estimate of drug-likeness (QED) is 0.838. The highest BCUT2D eigenvalue weighted by atomic mass is 16.5. The summed E-state index contributed by atoms with van der Waals surface area (Å²) in [5.41, 5.74) is 3.65. The van der Waals surface area contributed by atoms with Crippen molar-refractivity contribution in [2.45, 2.75) is 32.6 Å². The lowest BCUT2D eigenvalue weighted by molar-refractivity contribution is 0.0889. The molecule has 1 aliphatic rings. The Morgan fingerprint density at radius 1 is 1.27 bits per heavy atom. The largest absolute Gasteiger partial charge is 0.497 e. The smallest absolute Gasteiger partial charge is 0.167 e. The van der Waals surface area contributed by atoms with Crippen LogP contribution in [-0.4, -0.2) is 17.9 Å². The number of nitrogens with zero attached hydrogens (tertiary/aromatic N) is 1. The summed E-state index contributed by atoms with van der Waals surface area (Å²) in [6.45, 7) is 4.24. The minimum atomic E-state index is 0.145. The molecule has 1 aliphatic carbocycles. The number of hydrogen-bond donors (Lipinski definition) is 0. The topological polar surface area (TPSA) is 39.2 Å². The van der Waals surface area contributed by atoms with Gasteiger partial charge in [0.25, 0.3) is 0 Å². The van der Waals surface area contributed by atoms with E-state index in [1.807, 2.05) is 36.4 Å². The zero-order valence-electron chi connectivity index (χ0n) is 13.3. The van der Waals surface area contributed by atoms with Crippen LogP contribution >= 0.6 is 0 Å². The van der Waals surface area contributed by atoms with Crippen LogP contribution in [0.25, 0.3) is 11.3 Å². The highest BCUT2D eigenvalue weighted by Crippen LogP contribution is 2.36. The highest BCUT2D eigenvalue weighted by molar-refractivity contribution is 6.00. The molecule has 2 atom stereocenters. The van der Waals surface area contributed by atoms with Gasteiger partial charge in [-0.25, -0.2) is 0 Å². The van der Waals surface area contributed by atoms with Gasteiger partial charge in [-0.15, -0.1) is 0 Å². The SMILES string of the molecule is CC[C@@H]1C[C@H](C)c2nc(-c3cccc(OC)c3)ccc2C1=O. The average molecular weight is 295 g/mol. The van der Waals surface area contributed by atoms with Crippen LogP contribution in [-0.2, 0) is 0 Å². The molecule has 114 valence electrons. The second-order valence-corrected chi connectivity index (χ2v) is 5.97. The van der Waals surface area contributed by atoms with Crippen molar-refractivity contribution in [3.05, 3.63) is 47.7 Å². The molecule has 2 aromatic rings. The summed E-state index contributed by atoms with van der Waals surface area (Å²) in [5, 5.41) is 0. The molecule has 1 heterocycles. The molecule has 1 aromatic carbocycles. The van der Waals surface area contributed by atoms with E-state index in [0.29, 0.717) is 5.92 Å². The molecule has 22 heavy (non-hydrogen) atoms. The number of carbonyl (C=O) groups is 1. The van der Waals surface area contributed by atoms with Gasteiger partial charge in [-0.3, -0.25) is 9.78 Å². The van der Waals surface area contributed by atoms with Crippen molar-refractivity contribution in [1.82, 2.24) is 4.98 Å². The molecule has 0 amide bonds. The maximum atomic E-state index is 12.5. The Labute approximate surface area is 131 Å². The van der Waals surface area contributed by atoms with Crippen LogP contribution in [0.5, 0.6) is 5.75 Å². The number of hydrogen-bond acceptors (Lipinski definition) is 3. The van der Waals surface area contributed by atoms with Crippen LogP contribution in [0.4, 0.5) is 0 Å². The molecule has 3 nitrogen and oxygen atoms in total. The van der Waals surface area contributed by atoms with E-state index in [-0.39, 0.29) is 11.7 Å². The Kier molecular flexibility index (Phi) is 3.97. The third kappa shape index (κ3) is 2.52. The Hall–Kier alpha value is -2.16. The fourth-order valence-corrected chi connectivity index (χ4v) is 3.22. The summed E-state index contributed by atoms with van der Waals surface area (Å²) >= 11 is 0. The van der Waals surface area contributed by atoms with Crippen molar-refractivity contribution in [3.8, 4) is 17.0 Å². The first kappa shape index (κ1) is 14.8. The summed E-state index contributed by atoms with van der Waals surface area (Å²) in [7, 11) is 1.66. The Morgan fingerprint density at radius 2 is 2.09 bits per heavy atom. The predicted molar refractivity (Wildman–Crippen MR) is 87.4 cm³/mol. The second kappa shape index (κ2) is 5.91. The third-order valence-corrected chi connectivity index (χ3v) is 4.52. The number of aromatic nitrogens is 1. The molecule has 3 rings (SSSR count). The van der Waals surface area contributed by atoms with Crippen LogP contribution in [0, 0.1) is 5.92 Å². The minimum absolute atomic E-state index is 0.145. The molecule has 0 saturated heterocycles. The number of pyridine rings is 1. The van der Waals surface area contributed by atoms with Crippen LogP contribution < -0.4 is 4.74 Å². The number of fused-ring (bicyclic) bond motifs is 1. The summed E-state index contributed by atoms with van der Waals surface area (Å²) in [4.78, 5) is 17.3. The molecular formula is C19H21NO2. The molecule has 0 spiro atoms. The lowest BCUT2D eigenvalue weighted by atomic mass is 9.78. The molecule has 0 unspecified atom stereocenters. The first-order valence-corrected chi connectivity index (χ1v) is 7.83. The van der Waals surface area contributed by atoms with Crippen LogP contribution in [0.2, 0.25) is 0 Å². The van der Waals surface area contributed by atoms with Gasteiger partial charge in [-0.05, 0) is 43.0 Å². The molecule has 3 heteroatoms. The zero-order chi connectivity index (χ0) is 15.7. The molecule has 0 aliphatic heterocycles. The fraction of sp³-hybridized carbons (Fsp3) is 0.368. The van der Waals surface area contributed by atoms with E-state index in [1.165, 1.54) is 0 Å². The van der Waals surface area contributed by atoms with Crippen molar-refractivity contribution in [3.63, 3.8) is 0 Å². The van der Waals surface area contributed by atoms with E-state index in [4.69, 9.17) is 9.72 Å². The standard InChI is InChI=1S/C19H21NO2/c1-4-13-10-12(2)18-16(19(13)21)8-9-17(20-18)14-6-5-7-15(11-14)22-3/h5-9,11-13H,4,10H2,1-3H3/t12-,13+/m0/s1. The number of methoxy groups -OCH3 is 1. The zero-order valence-corrected chi connectivity index (χ0v) is 13.3. The van der Waals surface area contributed by atoms with Gasteiger partial charge in [-0.2, -0.15) is 0 Å². The van der Waals surface area contributed by atoms with Gasteiger partial charge in [-0.1, -0.05) is 26.0 Å². The summed E-state index contributed by atoms with van der Waals surface area (Å²) in [6, 6.07) is 11.7. The van der Waals surface area contributed by atoms with Gasteiger partial charge >= 0.3 is 0 Å². The molecule has 0 radical (unpaired) electrons.